The molecule has 1 aliphatic heterocycles. The van der Waals surface area contributed by atoms with Gasteiger partial charge in [0.25, 0.3) is 0 Å². The number of nitrogens with zero attached hydrogens (tertiary/aromatic N) is 1. The molecule has 2 nitrogen and oxygen atoms in total. The number of halogens is 3. The zero-order valence-electron chi connectivity index (χ0n) is 10.7. The molecule has 0 spiro atoms. The van der Waals surface area contributed by atoms with Crippen LogP contribution in [0, 0.1) is 0 Å². The van der Waals surface area contributed by atoms with Gasteiger partial charge in [-0.05, 0) is 36.9 Å². The van der Waals surface area contributed by atoms with Crippen LogP contribution in [0.1, 0.15) is 29.9 Å². The van der Waals surface area contributed by atoms with E-state index in [4.69, 9.17) is 5.11 Å². The van der Waals surface area contributed by atoms with Crippen LogP contribution < -0.4 is 0 Å². The van der Waals surface area contributed by atoms with E-state index in [-0.39, 0.29) is 12.5 Å². The summed E-state index contributed by atoms with van der Waals surface area (Å²) < 4.78 is 38.0. The van der Waals surface area contributed by atoms with Crippen LogP contribution in [-0.4, -0.2) is 36.2 Å². The molecule has 0 saturated carbocycles. The molecule has 1 aromatic carbocycles. The van der Waals surface area contributed by atoms with Gasteiger partial charge in [0.05, 0.1) is 5.56 Å². The number of hydrogen-bond donors (Lipinski definition) is 1. The first-order chi connectivity index (χ1) is 9.00. The summed E-state index contributed by atoms with van der Waals surface area (Å²) >= 11 is 0. The van der Waals surface area contributed by atoms with Crippen molar-refractivity contribution in [3.8, 4) is 0 Å². The van der Waals surface area contributed by atoms with Gasteiger partial charge in [-0.2, -0.15) is 13.2 Å². The molecule has 1 heterocycles. The molecule has 5 heteroatoms. The van der Waals surface area contributed by atoms with E-state index in [0.29, 0.717) is 0 Å². The SMILES string of the molecule is OCCCN1CC[C@@H](c2cccc(C(F)(F)F)c2)C1. The maximum absolute atomic E-state index is 12.7. The maximum atomic E-state index is 12.7. The Morgan fingerprint density at radius 1 is 1.32 bits per heavy atom. The number of hydrogen-bond acceptors (Lipinski definition) is 2. The van der Waals surface area contributed by atoms with Gasteiger partial charge in [-0.3, -0.25) is 0 Å². The molecule has 1 atom stereocenters. The van der Waals surface area contributed by atoms with Gasteiger partial charge in [-0.15, -0.1) is 0 Å². The Kier molecular flexibility index (Phi) is 4.47. The fourth-order valence-corrected chi connectivity index (χ4v) is 2.57. The van der Waals surface area contributed by atoms with E-state index in [1.807, 2.05) is 0 Å². The van der Waals surface area contributed by atoms with Gasteiger partial charge >= 0.3 is 6.18 Å². The van der Waals surface area contributed by atoms with Gasteiger partial charge in [-0.25, -0.2) is 0 Å². The largest absolute Gasteiger partial charge is 0.416 e. The highest BCUT2D eigenvalue weighted by molar-refractivity contribution is 5.29. The molecule has 106 valence electrons. The van der Waals surface area contributed by atoms with E-state index in [2.05, 4.69) is 4.90 Å². The molecule has 1 saturated heterocycles. The predicted molar refractivity (Wildman–Crippen MR) is 66.9 cm³/mol. The molecule has 0 aromatic heterocycles. The highest BCUT2D eigenvalue weighted by atomic mass is 19.4. The summed E-state index contributed by atoms with van der Waals surface area (Å²) in [6, 6.07) is 5.63. The Morgan fingerprint density at radius 2 is 2.11 bits per heavy atom. The van der Waals surface area contributed by atoms with Gasteiger partial charge in [0.1, 0.15) is 0 Å². The van der Waals surface area contributed by atoms with Crippen molar-refractivity contribution in [3.63, 3.8) is 0 Å². The second-order valence-electron chi connectivity index (χ2n) is 4.99. The number of alkyl halides is 3. The number of benzene rings is 1. The average molecular weight is 273 g/mol. The minimum absolute atomic E-state index is 0.157. The van der Waals surface area contributed by atoms with Crippen molar-refractivity contribution in [1.82, 2.24) is 4.90 Å². The lowest BCUT2D eigenvalue weighted by atomic mass is 9.96. The molecule has 0 radical (unpaired) electrons. The highest BCUT2D eigenvalue weighted by Crippen LogP contribution is 2.33. The Hall–Kier alpha value is -1.07. The van der Waals surface area contributed by atoms with Gasteiger partial charge in [0, 0.05) is 19.7 Å². The van der Waals surface area contributed by atoms with Crippen molar-refractivity contribution in [1.29, 1.82) is 0 Å². The average Bonchev–Trinajstić information content (AvgIpc) is 2.84. The van der Waals surface area contributed by atoms with Crippen LogP contribution in [0.3, 0.4) is 0 Å². The first-order valence-corrected chi connectivity index (χ1v) is 6.51. The van der Waals surface area contributed by atoms with Crippen LogP contribution in [0.25, 0.3) is 0 Å². The van der Waals surface area contributed by atoms with Crippen LogP contribution >= 0.6 is 0 Å². The summed E-state index contributed by atoms with van der Waals surface area (Å²) in [5, 5.41) is 8.78. The van der Waals surface area contributed by atoms with E-state index in [9.17, 15) is 13.2 Å². The van der Waals surface area contributed by atoms with Crippen molar-refractivity contribution in [2.45, 2.75) is 24.9 Å². The lowest BCUT2D eigenvalue weighted by Gasteiger charge is -2.16. The van der Waals surface area contributed by atoms with E-state index in [0.717, 1.165) is 44.1 Å². The fraction of sp³-hybridized carbons (Fsp3) is 0.571. The number of likely N-dealkylation sites (tertiary alicyclic amines) is 1. The summed E-state index contributed by atoms with van der Waals surface area (Å²) in [7, 11) is 0. The normalized spacial score (nSPS) is 20.9. The molecule has 1 fully saturated rings. The minimum atomic E-state index is -4.27. The lowest BCUT2D eigenvalue weighted by Crippen LogP contribution is -2.22. The summed E-state index contributed by atoms with van der Waals surface area (Å²) in [4.78, 5) is 2.20. The topological polar surface area (TPSA) is 23.5 Å². The Labute approximate surface area is 110 Å². The maximum Gasteiger partial charge on any atom is 0.416 e. The molecule has 1 N–H and O–H groups in total. The fourth-order valence-electron chi connectivity index (χ4n) is 2.57. The van der Waals surface area contributed by atoms with E-state index < -0.39 is 11.7 Å². The molecule has 0 bridgehead atoms. The first kappa shape index (κ1) is 14.3. The van der Waals surface area contributed by atoms with Crippen molar-refractivity contribution in [3.05, 3.63) is 35.4 Å². The predicted octanol–water partition coefficient (Wildman–Crippen LogP) is 2.88. The standard InChI is InChI=1S/C14H18F3NO/c15-14(16,17)13-4-1-3-11(9-13)12-5-7-18(10-12)6-2-8-19/h1,3-4,9,12,19H,2,5-8,10H2/t12-/m1/s1. The number of aliphatic hydroxyl groups excluding tert-OH is 1. The third-order valence-corrected chi connectivity index (χ3v) is 3.59. The monoisotopic (exact) mass is 273 g/mol. The third kappa shape index (κ3) is 3.70. The van der Waals surface area contributed by atoms with E-state index >= 15 is 0 Å². The van der Waals surface area contributed by atoms with Crippen LogP contribution in [-0.2, 0) is 6.18 Å². The van der Waals surface area contributed by atoms with Gasteiger partial charge in [0.2, 0.25) is 0 Å². The molecule has 19 heavy (non-hydrogen) atoms. The molecule has 2 rings (SSSR count). The third-order valence-electron chi connectivity index (χ3n) is 3.59. The van der Waals surface area contributed by atoms with E-state index in [1.165, 1.54) is 12.1 Å². The van der Waals surface area contributed by atoms with Crippen LogP contribution in [0.4, 0.5) is 13.2 Å². The zero-order valence-corrected chi connectivity index (χ0v) is 10.7. The summed E-state index contributed by atoms with van der Waals surface area (Å²) in [6.07, 6.45) is -2.67. The molecule has 1 aliphatic rings. The Balaban J connectivity index is 2.03. The number of aliphatic hydroxyl groups is 1. The van der Waals surface area contributed by atoms with Crippen LogP contribution in [0.5, 0.6) is 0 Å². The molecule has 0 amide bonds. The quantitative estimate of drug-likeness (QED) is 0.912. The molecule has 0 unspecified atom stereocenters. The van der Waals surface area contributed by atoms with Crippen molar-refractivity contribution >= 4 is 0 Å². The second kappa shape index (κ2) is 5.92. The molecule has 1 aromatic rings. The Bertz CT molecular complexity index is 419. The van der Waals surface area contributed by atoms with Gasteiger partial charge in [-0.1, -0.05) is 18.2 Å². The molecular weight excluding hydrogens is 255 g/mol. The smallest absolute Gasteiger partial charge is 0.396 e. The number of rotatable bonds is 4. The zero-order chi connectivity index (χ0) is 13.9. The van der Waals surface area contributed by atoms with Gasteiger partial charge in [0.15, 0.2) is 0 Å². The molecule has 0 aliphatic carbocycles. The van der Waals surface area contributed by atoms with Crippen LogP contribution in [0.2, 0.25) is 0 Å². The van der Waals surface area contributed by atoms with Crippen molar-refractivity contribution in [2.75, 3.05) is 26.2 Å². The van der Waals surface area contributed by atoms with Gasteiger partial charge < -0.3 is 10.0 Å². The van der Waals surface area contributed by atoms with E-state index in [1.54, 1.807) is 6.07 Å². The highest BCUT2D eigenvalue weighted by Gasteiger charge is 2.31. The summed E-state index contributed by atoms with van der Waals surface area (Å²) in [5.41, 5.74) is 0.195. The Morgan fingerprint density at radius 3 is 2.79 bits per heavy atom. The lowest BCUT2D eigenvalue weighted by molar-refractivity contribution is -0.137. The van der Waals surface area contributed by atoms with Crippen molar-refractivity contribution < 1.29 is 18.3 Å². The second-order valence-corrected chi connectivity index (χ2v) is 4.99. The molecular formula is C14H18F3NO. The van der Waals surface area contributed by atoms with Crippen LogP contribution in [0.15, 0.2) is 24.3 Å². The minimum Gasteiger partial charge on any atom is -0.396 e. The summed E-state index contributed by atoms with van der Waals surface area (Å²) in [6.45, 7) is 2.64. The summed E-state index contributed by atoms with van der Waals surface area (Å²) in [5.74, 6) is 0.168. The first-order valence-electron chi connectivity index (χ1n) is 6.51. The van der Waals surface area contributed by atoms with Crippen molar-refractivity contribution in [2.24, 2.45) is 0 Å².